The first-order chi connectivity index (χ1) is 13.7. The summed E-state index contributed by atoms with van der Waals surface area (Å²) in [6, 6.07) is 16.0. The second-order valence-corrected chi connectivity index (χ2v) is 7.93. The molecule has 5 nitrogen and oxygen atoms in total. The Morgan fingerprint density at radius 1 is 1.11 bits per heavy atom. The molecule has 1 saturated heterocycles. The van der Waals surface area contributed by atoms with Gasteiger partial charge in [-0.2, -0.15) is 0 Å². The van der Waals surface area contributed by atoms with Crippen LogP contribution in [0.25, 0.3) is 0 Å². The Kier molecular flexibility index (Phi) is 5.79. The van der Waals surface area contributed by atoms with Crippen LogP contribution in [0.15, 0.2) is 53.7 Å². The van der Waals surface area contributed by atoms with E-state index < -0.39 is 0 Å². The largest absolute Gasteiger partial charge is 0.356 e. The van der Waals surface area contributed by atoms with E-state index in [1.54, 1.807) is 0 Å². The molecule has 0 spiro atoms. The van der Waals surface area contributed by atoms with Crippen LogP contribution in [0.2, 0.25) is 0 Å². The van der Waals surface area contributed by atoms with Gasteiger partial charge in [0, 0.05) is 43.8 Å². The standard InChI is InChI=1S/C23H31N5/c1-3-24-23(27-21-15-20(21)18-7-5-4-6-8-18)26-19-11-13-28(14-12-19)22-10-9-17(2)16-25-22/h4-10,16,19-21H,3,11-15H2,1-2H3,(H2,24,26,27). The second-order valence-electron chi connectivity index (χ2n) is 7.93. The van der Waals surface area contributed by atoms with E-state index in [1.807, 2.05) is 6.20 Å². The van der Waals surface area contributed by atoms with Crippen molar-refractivity contribution in [3.63, 3.8) is 0 Å². The lowest BCUT2D eigenvalue weighted by molar-refractivity contribution is 0.459. The Morgan fingerprint density at radius 3 is 2.57 bits per heavy atom. The van der Waals surface area contributed by atoms with Gasteiger partial charge >= 0.3 is 0 Å². The quantitative estimate of drug-likeness (QED) is 0.619. The summed E-state index contributed by atoms with van der Waals surface area (Å²) in [7, 11) is 0. The van der Waals surface area contributed by atoms with Crippen LogP contribution in [0.5, 0.6) is 0 Å². The molecule has 28 heavy (non-hydrogen) atoms. The van der Waals surface area contributed by atoms with E-state index >= 15 is 0 Å². The van der Waals surface area contributed by atoms with Crippen LogP contribution in [0.3, 0.4) is 0 Å². The van der Waals surface area contributed by atoms with Crippen molar-refractivity contribution in [1.82, 2.24) is 15.6 Å². The smallest absolute Gasteiger partial charge is 0.191 e. The number of hydrogen-bond donors (Lipinski definition) is 2. The molecule has 2 atom stereocenters. The van der Waals surface area contributed by atoms with Gasteiger partial charge in [-0.25, -0.2) is 4.98 Å². The van der Waals surface area contributed by atoms with Gasteiger partial charge in [-0.15, -0.1) is 0 Å². The highest BCUT2D eigenvalue weighted by molar-refractivity contribution is 5.81. The zero-order valence-corrected chi connectivity index (χ0v) is 16.9. The van der Waals surface area contributed by atoms with Crippen LogP contribution in [0, 0.1) is 6.92 Å². The summed E-state index contributed by atoms with van der Waals surface area (Å²) in [5.74, 6) is 2.67. The molecule has 0 bridgehead atoms. The van der Waals surface area contributed by atoms with Gasteiger partial charge in [0.05, 0.1) is 0 Å². The number of nitrogens with zero attached hydrogens (tertiary/aromatic N) is 3. The van der Waals surface area contributed by atoms with Crippen molar-refractivity contribution in [3.8, 4) is 0 Å². The molecular weight excluding hydrogens is 346 g/mol. The lowest BCUT2D eigenvalue weighted by Gasteiger charge is -2.34. The van der Waals surface area contributed by atoms with Crippen LogP contribution in [0.1, 0.15) is 43.2 Å². The fraction of sp³-hybridized carbons (Fsp3) is 0.478. The van der Waals surface area contributed by atoms with E-state index in [1.165, 1.54) is 17.5 Å². The predicted molar refractivity (Wildman–Crippen MR) is 116 cm³/mol. The van der Waals surface area contributed by atoms with Gasteiger partial charge in [0.25, 0.3) is 0 Å². The van der Waals surface area contributed by atoms with Gasteiger partial charge in [0.1, 0.15) is 5.82 Å². The van der Waals surface area contributed by atoms with Crippen molar-refractivity contribution in [1.29, 1.82) is 0 Å². The third-order valence-corrected chi connectivity index (χ3v) is 5.71. The number of aliphatic imine (C=N–C) groups is 1. The fourth-order valence-electron chi connectivity index (χ4n) is 3.98. The van der Waals surface area contributed by atoms with Crippen molar-refractivity contribution in [3.05, 3.63) is 59.8 Å². The Labute approximate surface area is 168 Å². The molecule has 0 radical (unpaired) electrons. The van der Waals surface area contributed by atoms with Gasteiger partial charge in [0.15, 0.2) is 5.96 Å². The Bertz CT molecular complexity index is 778. The molecule has 1 saturated carbocycles. The molecule has 4 rings (SSSR count). The van der Waals surface area contributed by atoms with Crippen molar-refractivity contribution in [2.45, 2.75) is 51.1 Å². The Balaban J connectivity index is 1.28. The zero-order valence-electron chi connectivity index (χ0n) is 16.9. The molecule has 1 aromatic carbocycles. The molecule has 1 aromatic heterocycles. The number of hydrogen-bond acceptors (Lipinski definition) is 3. The van der Waals surface area contributed by atoms with Crippen LogP contribution < -0.4 is 15.5 Å². The van der Waals surface area contributed by atoms with Gasteiger partial charge in [0.2, 0.25) is 0 Å². The highest BCUT2D eigenvalue weighted by atomic mass is 15.2. The average Bonchev–Trinajstić information content (AvgIpc) is 3.49. The molecule has 1 aliphatic carbocycles. The van der Waals surface area contributed by atoms with Gasteiger partial charge in [-0.05, 0) is 50.3 Å². The van der Waals surface area contributed by atoms with E-state index in [-0.39, 0.29) is 0 Å². The number of piperidine rings is 1. The third-order valence-electron chi connectivity index (χ3n) is 5.71. The van der Waals surface area contributed by atoms with Crippen molar-refractivity contribution in [2.75, 3.05) is 24.5 Å². The van der Waals surface area contributed by atoms with Crippen LogP contribution >= 0.6 is 0 Å². The third kappa shape index (κ3) is 4.64. The van der Waals surface area contributed by atoms with Crippen LogP contribution in [-0.4, -0.2) is 42.7 Å². The summed E-state index contributed by atoms with van der Waals surface area (Å²) in [4.78, 5) is 11.6. The maximum atomic E-state index is 4.68. The lowest BCUT2D eigenvalue weighted by atomic mass is 10.1. The number of benzene rings is 1. The molecule has 2 fully saturated rings. The normalized spacial score (nSPS) is 22.8. The second kappa shape index (κ2) is 8.63. The van der Waals surface area contributed by atoms with Gasteiger partial charge in [-0.3, -0.25) is 4.99 Å². The van der Waals surface area contributed by atoms with E-state index in [0.717, 1.165) is 44.3 Å². The number of nitrogens with one attached hydrogen (secondary N) is 2. The first-order valence-corrected chi connectivity index (χ1v) is 10.5. The average molecular weight is 378 g/mol. The lowest BCUT2D eigenvalue weighted by Crippen LogP contribution is -2.49. The SMILES string of the molecule is CCN=C(NC1CCN(c2ccc(C)cn2)CC1)NC1CC1c1ccccc1. The van der Waals surface area contributed by atoms with E-state index in [0.29, 0.717) is 18.0 Å². The van der Waals surface area contributed by atoms with E-state index in [9.17, 15) is 0 Å². The number of guanidine groups is 1. The highest BCUT2D eigenvalue weighted by Crippen LogP contribution is 2.40. The predicted octanol–water partition coefficient (Wildman–Crippen LogP) is 3.47. The van der Waals surface area contributed by atoms with Crippen LogP contribution in [-0.2, 0) is 0 Å². The van der Waals surface area contributed by atoms with E-state index in [4.69, 9.17) is 0 Å². The number of pyridine rings is 1. The molecule has 5 heteroatoms. The van der Waals surface area contributed by atoms with Gasteiger partial charge < -0.3 is 15.5 Å². The molecule has 2 unspecified atom stereocenters. The minimum Gasteiger partial charge on any atom is -0.356 e. The van der Waals surface area contributed by atoms with Gasteiger partial charge in [-0.1, -0.05) is 36.4 Å². The summed E-state index contributed by atoms with van der Waals surface area (Å²) < 4.78 is 0. The molecule has 2 N–H and O–H groups in total. The Hall–Kier alpha value is -2.56. The molecule has 2 aliphatic rings. The van der Waals surface area contributed by atoms with Crippen molar-refractivity contribution < 1.29 is 0 Å². The fourth-order valence-corrected chi connectivity index (χ4v) is 3.98. The molecular formula is C23H31N5. The number of aryl methyl sites for hydroxylation is 1. The summed E-state index contributed by atoms with van der Waals surface area (Å²) in [6.07, 6.45) is 5.35. The zero-order chi connectivity index (χ0) is 19.3. The maximum Gasteiger partial charge on any atom is 0.191 e. The first kappa shape index (κ1) is 18.8. The highest BCUT2D eigenvalue weighted by Gasteiger charge is 2.39. The summed E-state index contributed by atoms with van der Waals surface area (Å²) in [5, 5.41) is 7.32. The summed E-state index contributed by atoms with van der Waals surface area (Å²) >= 11 is 0. The monoisotopic (exact) mass is 377 g/mol. The van der Waals surface area contributed by atoms with Crippen LogP contribution in [0.4, 0.5) is 5.82 Å². The molecule has 2 aromatic rings. The van der Waals surface area contributed by atoms with Crippen molar-refractivity contribution >= 4 is 11.8 Å². The number of aromatic nitrogens is 1. The molecule has 2 heterocycles. The summed E-state index contributed by atoms with van der Waals surface area (Å²) in [5.41, 5.74) is 2.63. The minimum absolute atomic E-state index is 0.466. The first-order valence-electron chi connectivity index (χ1n) is 10.5. The Morgan fingerprint density at radius 2 is 1.89 bits per heavy atom. The summed E-state index contributed by atoms with van der Waals surface area (Å²) in [6.45, 7) is 7.03. The number of anilines is 1. The number of rotatable bonds is 5. The molecule has 0 amide bonds. The topological polar surface area (TPSA) is 52.6 Å². The molecule has 1 aliphatic heterocycles. The molecule has 148 valence electrons. The minimum atomic E-state index is 0.466. The van der Waals surface area contributed by atoms with E-state index in [2.05, 4.69) is 81.8 Å². The van der Waals surface area contributed by atoms with Crippen molar-refractivity contribution in [2.24, 2.45) is 4.99 Å². The maximum absolute atomic E-state index is 4.68.